The third kappa shape index (κ3) is 2.62. The number of nitrogens with one attached hydrogen (secondary N) is 2. The molecule has 29 heavy (non-hydrogen) atoms. The van der Waals surface area contributed by atoms with Gasteiger partial charge in [-0.25, -0.2) is 0 Å². The molecule has 5 nitrogen and oxygen atoms in total. The van der Waals surface area contributed by atoms with E-state index in [0.29, 0.717) is 6.67 Å². The minimum Gasteiger partial charge on any atom is -0.356 e. The normalized spacial score (nSPS) is 20.7. The van der Waals surface area contributed by atoms with E-state index in [1.54, 1.807) is 0 Å². The van der Waals surface area contributed by atoms with E-state index in [9.17, 15) is 4.79 Å². The SMILES string of the molecule is CCN(CC)CN1C(=O)[C@]2(NCCc3c2[nH]c2ccccc32)c2cc(Br)ccc21. The van der Waals surface area contributed by atoms with Crippen LogP contribution < -0.4 is 10.2 Å². The van der Waals surface area contributed by atoms with E-state index in [1.807, 2.05) is 17.0 Å². The van der Waals surface area contributed by atoms with E-state index in [2.05, 4.69) is 75.3 Å². The van der Waals surface area contributed by atoms with E-state index in [1.165, 1.54) is 10.9 Å². The number of fused-ring (bicyclic) bond motifs is 6. The predicted molar refractivity (Wildman–Crippen MR) is 120 cm³/mol. The highest BCUT2D eigenvalue weighted by molar-refractivity contribution is 9.10. The van der Waals surface area contributed by atoms with Crippen LogP contribution in [0.2, 0.25) is 0 Å². The first kappa shape index (κ1) is 18.9. The Hall–Kier alpha value is -2.15. The van der Waals surface area contributed by atoms with Gasteiger partial charge in [-0.1, -0.05) is 48.0 Å². The number of anilines is 1. The quantitative estimate of drug-likeness (QED) is 0.629. The van der Waals surface area contributed by atoms with Gasteiger partial charge in [-0.2, -0.15) is 0 Å². The number of nitrogens with zero attached hydrogens (tertiary/aromatic N) is 2. The summed E-state index contributed by atoms with van der Waals surface area (Å²) >= 11 is 3.63. The summed E-state index contributed by atoms with van der Waals surface area (Å²) in [5, 5.41) is 4.84. The van der Waals surface area contributed by atoms with Crippen LogP contribution in [0.15, 0.2) is 46.9 Å². The molecule has 0 saturated carbocycles. The molecular formula is C23H25BrN4O. The van der Waals surface area contributed by atoms with Crippen LogP contribution in [0, 0.1) is 0 Å². The molecule has 1 amide bonds. The Morgan fingerprint density at radius 2 is 1.97 bits per heavy atom. The van der Waals surface area contributed by atoms with Crippen LogP contribution in [0.5, 0.6) is 0 Å². The van der Waals surface area contributed by atoms with Crippen LogP contribution >= 0.6 is 15.9 Å². The molecule has 0 radical (unpaired) electrons. The molecule has 6 heteroatoms. The molecule has 0 bridgehead atoms. The van der Waals surface area contributed by atoms with Crippen LogP contribution in [0.25, 0.3) is 10.9 Å². The molecule has 3 aromatic rings. The van der Waals surface area contributed by atoms with Crippen molar-refractivity contribution in [1.82, 2.24) is 15.2 Å². The molecule has 2 aliphatic heterocycles. The van der Waals surface area contributed by atoms with Crippen LogP contribution in [0.1, 0.15) is 30.7 Å². The summed E-state index contributed by atoms with van der Waals surface area (Å²) in [6.07, 6.45) is 0.910. The lowest BCUT2D eigenvalue weighted by Crippen LogP contribution is -2.56. The third-order valence-corrected chi connectivity index (χ3v) is 6.90. The van der Waals surface area contributed by atoms with Gasteiger partial charge >= 0.3 is 0 Å². The first-order valence-corrected chi connectivity index (χ1v) is 11.1. The van der Waals surface area contributed by atoms with E-state index >= 15 is 0 Å². The minimum atomic E-state index is -0.862. The molecule has 2 N–H and O–H groups in total. The second kappa shape index (κ2) is 6.97. The Morgan fingerprint density at radius 1 is 1.17 bits per heavy atom. The molecule has 150 valence electrons. The fourth-order valence-corrected chi connectivity index (χ4v) is 5.25. The number of aromatic nitrogens is 1. The number of carbonyl (C=O) groups excluding carboxylic acids is 1. The summed E-state index contributed by atoms with van der Waals surface area (Å²) in [7, 11) is 0. The molecule has 2 aliphatic rings. The molecule has 2 aromatic carbocycles. The van der Waals surface area contributed by atoms with Gasteiger partial charge in [0.15, 0.2) is 5.54 Å². The Morgan fingerprint density at radius 3 is 2.76 bits per heavy atom. The van der Waals surface area contributed by atoms with Crippen LogP contribution in [-0.2, 0) is 16.8 Å². The lowest BCUT2D eigenvalue weighted by atomic mass is 9.82. The van der Waals surface area contributed by atoms with Gasteiger partial charge < -0.3 is 4.98 Å². The van der Waals surface area contributed by atoms with Crippen molar-refractivity contribution >= 4 is 38.4 Å². The van der Waals surface area contributed by atoms with Gasteiger partial charge in [-0.15, -0.1) is 0 Å². The van der Waals surface area contributed by atoms with Crippen molar-refractivity contribution in [2.45, 2.75) is 25.8 Å². The highest BCUT2D eigenvalue weighted by Crippen LogP contribution is 2.48. The Labute approximate surface area is 179 Å². The van der Waals surface area contributed by atoms with Crippen molar-refractivity contribution in [2.75, 3.05) is 31.2 Å². The average molecular weight is 453 g/mol. The summed E-state index contributed by atoms with van der Waals surface area (Å²) in [4.78, 5) is 21.9. The van der Waals surface area contributed by atoms with Crippen LogP contribution in [-0.4, -0.2) is 42.1 Å². The monoisotopic (exact) mass is 452 g/mol. The number of aromatic amines is 1. The zero-order chi connectivity index (χ0) is 20.2. The Balaban J connectivity index is 1.74. The maximum absolute atomic E-state index is 14.1. The number of hydrogen-bond acceptors (Lipinski definition) is 3. The number of halogens is 1. The highest BCUT2D eigenvalue weighted by Gasteiger charge is 2.55. The Bertz CT molecular complexity index is 1100. The molecule has 5 rings (SSSR count). The van der Waals surface area contributed by atoms with Gasteiger partial charge in [-0.3, -0.25) is 19.9 Å². The molecule has 0 fully saturated rings. The number of hydrogen-bond donors (Lipinski definition) is 2. The standard InChI is InChI=1S/C23H25BrN4O/c1-3-27(4-2)14-28-20-10-9-15(24)13-18(20)23(22(28)29)21-17(11-12-25-23)16-7-5-6-8-19(16)26-21/h5-10,13,25-26H,3-4,11-12,14H2,1-2H3/t23-/m0/s1. The van der Waals surface area contributed by atoms with Gasteiger partial charge in [-0.05, 0) is 49.3 Å². The first-order chi connectivity index (χ1) is 14.1. The summed E-state index contributed by atoms with van der Waals surface area (Å²) in [6.45, 7) is 7.45. The van der Waals surface area contributed by atoms with E-state index in [0.717, 1.165) is 53.0 Å². The van der Waals surface area contributed by atoms with Crippen LogP contribution in [0.3, 0.4) is 0 Å². The van der Waals surface area contributed by atoms with E-state index in [-0.39, 0.29) is 5.91 Å². The highest BCUT2D eigenvalue weighted by atomic mass is 79.9. The summed E-state index contributed by atoms with van der Waals surface area (Å²) < 4.78 is 0.984. The van der Waals surface area contributed by atoms with Crippen molar-refractivity contribution in [3.63, 3.8) is 0 Å². The number of amides is 1. The van der Waals surface area contributed by atoms with Crippen molar-refractivity contribution in [3.05, 3.63) is 63.8 Å². The van der Waals surface area contributed by atoms with Crippen LogP contribution in [0.4, 0.5) is 5.69 Å². The molecular weight excluding hydrogens is 428 g/mol. The van der Waals surface area contributed by atoms with Crippen molar-refractivity contribution < 1.29 is 4.79 Å². The molecule has 0 aliphatic carbocycles. The first-order valence-electron chi connectivity index (χ1n) is 10.3. The second-order valence-corrected chi connectivity index (χ2v) is 8.71. The second-order valence-electron chi connectivity index (χ2n) is 7.79. The van der Waals surface area contributed by atoms with Gasteiger partial charge in [0.1, 0.15) is 0 Å². The fraction of sp³-hybridized carbons (Fsp3) is 0.348. The maximum atomic E-state index is 14.1. The molecule has 1 atom stereocenters. The van der Waals surface area contributed by atoms with Gasteiger partial charge in [0, 0.05) is 27.5 Å². The summed E-state index contributed by atoms with van der Waals surface area (Å²) in [5.41, 5.74) is 4.49. The van der Waals surface area contributed by atoms with Gasteiger partial charge in [0.25, 0.3) is 5.91 Å². The lowest BCUT2D eigenvalue weighted by molar-refractivity contribution is -0.123. The summed E-state index contributed by atoms with van der Waals surface area (Å²) in [5.74, 6) is 0.102. The zero-order valence-corrected chi connectivity index (χ0v) is 18.3. The van der Waals surface area contributed by atoms with Crippen molar-refractivity contribution in [1.29, 1.82) is 0 Å². The van der Waals surface area contributed by atoms with E-state index in [4.69, 9.17) is 0 Å². The van der Waals surface area contributed by atoms with Gasteiger partial charge in [0.05, 0.1) is 18.1 Å². The Kier molecular flexibility index (Phi) is 4.53. The maximum Gasteiger partial charge on any atom is 0.259 e. The summed E-state index contributed by atoms with van der Waals surface area (Å²) in [6, 6.07) is 14.5. The molecule has 0 saturated heterocycles. The third-order valence-electron chi connectivity index (χ3n) is 6.41. The number of rotatable bonds is 4. The number of para-hydroxylation sites is 1. The molecule has 3 heterocycles. The van der Waals surface area contributed by atoms with Crippen molar-refractivity contribution in [2.24, 2.45) is 0 Å². The topological polar surface area (TPSA) is 51.4 Å². The van der Waals surface area contributed by atoms with Crippen molar-refractivity contribution in [3.8, 4) is 0 Å². The average Bonchev–Trinajstić information content (AvgIpc) is 3.23. The number of carbonyl (C=O) groups is 1. The van der Waals surface area contributed by atoms with E-state index < -0.39 is 5.54 Å². The largest absolute Gasteiger partial charge is 0.356 e. The molecule has 0 unspecified atom stereocenters. The fourth-order valence-electron chi connectivity index (χ4n) is 4.89. The van der Waals surface area contributed by atoms with Gasteiger partial charge in [0.2, 0.25) is 0 Å². The lowest BCUT2D eigenvalue weighted by Gasteiger charge is -2.35. The smallest absolute Gasteiger partial charge is 0.259 e. The zero-order valence-electron chi connectivity index (χ0n) is 16.8. The molecule has 1 aromatic heterocycles. The number of benzene rings is 2. The minimum absolute atomic E-state index is 0.102. The number of H-pyrrole nitrogens is 1. The predicted octanol–water partition coefficient (Wildman–Crippen LogP) is 3.97. The molecule has 1 spiro atoms.